The minimum Gasteiger partial charge on any atom is -0.385 e. The molecule has 1 fully saturated rings. The van der Waals surface area contributed by atoms with Gasteiger partial charge in [0.15, 0.2) is 11.9 Å². The maximum atomic E-state index is 12.6. The van der Waals surface area contributed by atoms with E-state index in [2.05, 4.69) is 0 Å². The Morgan fingerprint density at radius 3 is 2.68 bits per heavy atom. The summed E-state index contributed by atoms with van der Waals surface area (Å²) in [7, 11) is 0. The van der Waals surface area contributed by atoms with E-state index in [1.54, 1.807) is 35.7 Å². The molecule has 0 radical (unpaired) electrons. The number of hydrogen-bond acceptors (Lipinski definition) is 6. The largest absolute Gasteiger partial charge is 0.385 e. The number of carbonyl (C=O) groups excluding carboxylic acids is 3. The lowest BCUT2D eigenvalue weighted by molar-refractivity contribution is -0.163. The fourth-order valence-corrected chi connectivity index (χ4v) is 4.68. The van der Waals surface area contributed by atoms with Crippen LogP contribution < -0.4 is 5.32 Å². The van der Waals surface area contributed by atoms with Crippen LogP contribution in [-0.2, 0) is 16.0 Å². The van der Waals surface area contributed by atoms with E-state index in [9.17, 15) is 24.6 Å². The Kier molecular flexibility index (Phi) is 3.61. The lowest BCUT2D eigenvalue weighted by atomic mass is 9.70. The van der Waals surface area contributed by atoms with Gasteiger partial charge in [0.1, 0.15) is 5.60 Å². The van der Waals surface area contributed by atoms with E-state index in [1.807, 2.05) is 5.32 Å². The van der Waals surface area contributed by atoms with E-state index in [-0.39, 0.29) is 12.2 Å². The minimum absolute atomic E-state index is 0.0790. The zero-order valence-electron chi connectivity index (χ0n) is 13.1. The van der Waals surface area contributed by atoms with E-state index in [1.165, 1.54) is 11.3 Å². The molecular formula is C18H15NO5S. The summed E-state index contributed by atoms with van der Waals surface area (Å²) in [5.41, 5.74) is -0.100. The van der Waals surface area contributed by atoms with Gasteiger partial charge in [-0.15, -0.1) is 11.3 Å². The van der Waals surface area contributed by atoms with Crippen LogP contribution in [0.5, 0.6) is 0 Å². The number of aliphatic hydroxyl groups is 2. The van der Waals surface area contributed by atoms with Crippen molar-refractivity contribution >= 4 is 28.9 Å². The first-order valence-electron chi connectivity index (χ1n) is 7.84. The zero-order valence-corrected chi connectivity index (χ0v) is 13.9. The van der Waals surface area contributed by atoms with Crippen molar-refractivity contribution in [2.45, 2.75) is 30.5 Å². The summed E-state index contributed by atoms with van der Waals surface area (Å²) in [5.74, 6) is -2.50. The molecule has 0 spiro atoms. The van der Waals surface area contributed by atoms with Gasteiger partial charge < -0.3 is 10.2 Å². The topological polar surface area (TPSA) is 104 Å². The van der Waals surface area contributed by atoms with Gasteiger partial charge in [-0.05, 0) is 28.1 Å². The number of imide groups is 1. The number of aliphatic hydroxyl groups excluding tert-OH is 1. The predicted molar refractivity (Wildman–Crippen MR) is 89.4 cm³/mol. The molecule has 3 N–H and O–H groups in total. The van der Waals surface area contributed by atoms with Crippen LogP contribution in [0.4, 0.5) is 0 Å². The average Bonchev–Trinajstić information content (AvgIpc) is 2.99. The number of benzene rings is 1. The standard InChI is InChI=1S/C18H15NO5S/c20-12-7-9-3-1-2-4-10(9)14(11-5-6-25-15(11)12)18(24)8-13(21)19-17(23)16(18)22/h1-6,14,16,22,24H,7-8H2,(H,19,21,23). The lowest BCUT2D eigenvalue weighted by Gasteiger charge is -2.41. The molecular weight excluding hydrogens is 342 g/mol. The highest BCUT2D eigenvalue weighted by atomic mass is 32.1. The zero-order chi connectivity index (χ0) is 17.8. The van der Waals surface area contributed by atoms with Crippen LogP contribution in [0.25, 0.3) is 0 Å². The van der Waals surface area contributed by atoms with Gasteiger partial charge in [0.25, 0.3) is 5.91 Å². The number of nitrogens with one attached hydrogen (secondary N) is 1. The highest BCUT2D eigenvalue weighted by Gasteiger charge is 2.54. The second kappa shape index (κ2) is 5.59. The second-order valence-electron chi connectivity index (χ2n) is 6.42. The SMILES string of the molecule is O=C1CC(O)(C2c3ccccc3CC(=O)c3sccc32)C(O)C(=O)N1. The maximum absolute atomic E-state index is 12.6. The van der Waals surface area contributed by atoms with Crippen molar-refractivity contribution in [1.82, 2.24) is 5.32 Å². The Labute approximate surface area is 147 Å². The van der Waals surface area contributed by atoms with Crippen LogP contribution in [0, 0.1) is 0 Å². The molecule has 2 heterocycles. The average molecular weight is 357 g/mol. The molecule has 4 rings (SSSR count). The van der Waals surface area contributed by atoms with E-state index in [0.29, 0.717) is 16.0 Å². The van der Waals surface area contributed by atoms with Crippen molar-refractivity contribution < 1.29 is 24.6 Å². The molecule has 7 heteroatoms. The fourth-order valence-electron chi connectivity index (χ4n) is 3.80. The molecule has 1 aliphatic carbocycles. The number of Topliss-reactive ketones (excluding diaryl/α,β-unsaturated/α-hetero) is 1. The van der Waals surface area contributed by atoms with Crippen LogP contribution in [0.15, 0.2) is 35.7 Å². The molecule has 2 aliphatic rings. The normalized spacial score (nSPS) is 28.8. The van der Waals surface area contributed by atoms with E-state index >= 15 is 0 Å². The maximum Gasteiger partial charge on any atom is 0.258 e. The molecule has 6 nitrogen and oxygen atoms in total. The molecule has 0 saturated carbocycles. The molecule has 2 aromatic rings. The van der Waals surface area contributed by atoms with Gasteiger partial charge >= 0.3 is 0 Å². The monoisotopic (exact) mass is 357 g/mol. The highest BCUT2D eigenvalue weighted by molar-refractivity contribution is 7.12. The van der Waals surface area contributed by atoms with Gasteiger partial charge in [-0.2, -0.15) is 0 Å². The number of rotatable bonds is 1. The molecule has 128 valence electrons. The third-order valence-electron chi connectivity index (χ3n) is 4.91. The summed E-state index contributed by atoms with van der Waals surface area (Å²) in [5, 5.41) is 25.5. The molecule has 2 amide bonds. The van der Waals surface area contributed by atoms with Crippen molar-refractivity contribution in [1.29, 1.82) is 0 Å². The van der Waals surface area contributed by atoms with Crippen molar-refractivity contribution in [3.8, 4) is 0 Å². The predicted octanol–water partition coefficient (Wildman–Crippen LogP) is 0.757. The van der Waals surface area contributed by atoms with Gasteiger partial charge in [-0.25, -0.2) is 0 Å². The van der Waals surface area contributed by atoms with E-state index in [4.69, 9.17) is 0 Å². The lowest BCUT2D eigenvalue weighted by Crippen LogP contribution is -2.62. The summed E-state index contributed by atoms with van der Waals surface area (Å²) in [4.78, 5) is 37.0. The Hall–Kier alpha value is -2.35. The number of ketones is 1. The van der Waals surface area contributed by atoms with Crippen molar-refractivity contribution in [2.75, 3.05) is 0 Å². The Balaban J connectivity index is 1.98. The molecule has 25 heavy (non-hydrogen) atoms. The highest BCUT2D eigenvalue weighted by Crippen LogP contribution is 2.46. The van der Waals surface area contributed by atoms with Crippen LogP contribution in [0.1, 0.15) is 38.7 Å². The molecule has 1 aliphatic heterocycles. The Morgan fingerprint density at radius 1 is 1.12 bits per heavy atom. The quantitative estimate of drug-likeness (QED) is 0.654. The van der Waals surface area contributed by atoms with Crippen molar-refractivity contribution in [3.63, 3.8) is 0 Å². The van der Waals surface area contributed by atoms with Crippen molar-refractivity contribution in [3.05, 3.63) is 57.3 Å². The van der Waals surface area contributed by atoms with Crippen LogP contribution >= 0.6 is 11.3 Å². The molecule has 1 aromatic heterocycles. The van der Waals surface area contributed by atoms with Gasteiger partial charge in [0.05, 0.1) is 11.3 Å². The van der Waals surface area contributed by atoms with Crippen LogP contribution in [0.2, 0.25) is 0 Å². The number of fused-ring (bicyclic) bond motifs is 2. The Bertz CT molecular complexity index is 904. The van der Waals surface area contributed by atoms with Crippen LogP contribution in [-0.4, -0.2) is 39.5 Å². The summed E-state index contributed by atoms with van der Waals surface area (Å²) in [6.07, 6.45) is -2.03. The summed E-state index contributed by atoms with van der Waals surface area (Å²) < 4.78 is 0. The fraction of sp³-hybridized carbons (Fsp3) is 0.278. The van der Waals surface area contributed by atoms with Gasteiger partial charge in [0, 0.05) is 12.3 Å². The van der Waals surface area contributed by atoms with Crippen LogP contribution in [0.3, 0.4) is 0 Å². The van der Waals surface area contributed by atoms with E-state index < -0.39 is 35.9 Å². The summed E-state index contributed by atoms with van der Waals surface area (Å²) >= 11 is 1.26. The summed E-state index contributed by atoms with van der Waals surface area (Å²) in [6, 6.07) is 8.83. The van der Waals surface area contributed by atoms with E-state index in [0.717, 1.165) is 5.56 Å². The third-order valence-corrected chi connectivity index (χ3v) is 5.88. The third kappa shape index (κ3) is 2.35. The number of carbonyl (C=O) groups is 3. The Morgan fingerprint density at radius 2 is 1.88 bits per heavy atom. The smallest absolute Gasteiger partial charge is 0.258 e. The molecule has 3 unspecified atom stereocenters. The number of thiophene rings is 1. The van der Waals surface area contributed by atoms with Gasteiger partial charge in [-0.3, -0.25) is 19.7 Å². The molecule has 1 saturated heterocycles. The first-order valence-corrected chi connectivity index (χ1v) is 8.72. The second-order valence-corrected chi connectivity index (χ2v) is 7.34. The molecule has 3 atom stereocenters. The number of amides is 2. The first kappa shape index (κ1) is 16.1. The molecule has 1 aromatic carbocycles. The molecule has 0 bridgehead atoms. The van der Waals surface area contributed by atoms with Gasteiger partial charge in [-0.1, -0.05) is 24.3 Å². The van der Waals surface area contributed by atoms with Gasteiger partial charge in [0.2, 0.25) is 5.91 Å². The number of hydrogen-bond donors (Lipinski definition) is 3. The number of piperidine rings is 1. The first-order chi connectivity index (χ1) is 11.9. The van der Waals surface area contributed by atoms with Crippen molar-refractivity contribution in [2.24, 2.45) is 0 Å². The minimum atomic E-state index is -2.02. The summed E-state index contributed by atoms with van der Waals surface area (Å²) in [6.45, 7) is 0.